The SMILES string of the molecule is CC(C)CC(c1ccc(OCC(=O)OC2CC3CCC2(C)C3(C)C)cc1)C(C)(C)C. The third-order valence-electron chi connectivity index (χ3n) is 8.38. The number of hydrogen-bond donors (Lipinski definition) is 0. The summed E-state index contributed by atoms with van der Waals surface area (Å²) in [5.41, 5.74) is 1.88. The fourth-order valence-corrected chi connectivity index (χ4v) is 5.90. The van der Waals surface area contributed by atoms with Gasteiger partial charge in [-0.1, -0.05) is 67.5 Å². The molecule has 2 saturated carbocycles. The van der Waals surface area contributed by atoms with Gasteiger partial charge in [-0.3, -0.25) is 0 Å². The van der Waals surface area contributed by atoms with Crippen molar-refractivity contribution < 1.29 is 14.3 Å². The molecule has 168 valence electrons. The van der Waals surface area contributed by atoms with Gasteiger partial charge in [0.15, 0.2) is 6.61 Å². The zero-order valence-electron chi connectivity index (χ0n) is 20.4. The number of benzene rings is 1. The Morgan fingerprint density at radius 3 is 2.23 bits per heavy atom. The molecule has 1 aromatic rings. The lowest BCUT2D eigenvalue weighted by atomic mass is 9.70. The van der Waals surface area contributed by atoms with Gasteiger partial charge in [-0.15, -0.1) is 0 Å². The Hall–Kier alpha value is -1.51. The van der Waals surface area contributed by atoms with Crippen LogP contribution in [0.3, 0.4) is 0 Å². The summed E-state index contributed by atoms with van der Waals surface area (Å²) < 4.78 is 11.7. The third-order valence-corrected chi connectivity index (χ3v) is 8.38. The van der Waals surface area contributed by atoms with Crippen LogP contribution >= 0.6 is 0 Å². The highest BCUT2D eigenvalue weighted by Crippen LogP contribution is 2.66. The number of hydrogen-bond acceptors (Lipinski definition) is 3. The highest BCUT2D eigenvalue weighted by molar-refractivity contribution is 5.71. The van der Waals surface area contributed by atoms with E-state index in [1.54, 1.807) is 0 Å². The predicted molar refractivity (Wildman–Crippen MR) is 123 cm³/mol. The molecule has 30 heavy (non-hydrogen) atoms. The number of carbonyl (C=O) groups is 1. The molecule has 0 N–H and O–H groups in total. The van der Waals surface area contributed by atoms with Gasteiger partial charge >= 0.3 is 5.97 Å². The summed E-state index contributed by atoms with van der Waals surface area (Å²) in [5, 5.41) is 0. The predicted octanol–water partition coefficient (Wildman–Crippen LogP) is 7.00. The van der Waals surface area contributed by atoms with E-state index in [2.05, 4.69) is 67.5 Å². The molecular formula is C27H42O3. The second-order valence-electron chi connectivity index (χ2n) is 12.0. The minimum Gasteiger partial charge on any atom is -0.482 e. The van der Waals surface area contributed by atoms with Gasteiger partial charge in [0, 0.05) is 5.41 Å². The summed E-state index contributed by atoms with van der Waals surface area (Å²) in [6.45, 7) is 18.4. The lowest BCUT2D eigenvalue weighted by molar-refractivity contribution is -0.159. The van der Waals surface area contributed by atoms with Gasteiger partial charge in [0.25, 0.3) is 0 Å². The van der Waals surface area contributed by atoms with Crippen molar-refractivity contribution in [3.05, 3.63) is 29.8 Å². The molecular weight excluding hydrogens is 372 g/mol. The van der Waals surface area contributed by atoms with E-state index in [1.807, 2.05) is 12.1 Å². The van der Waals surface area contributed by atoms with Crippen molar-refractivity contribution in [1.29, 1.82) is 0 Å². The molecule has 0 radical (unpaired) electrons. The molecule has 4 atom stereocenters. The van der Waals surface area contributed by atoms with Crippen LogP contribution in [-0.4, -0.2) is 18.7 Å². The van der Waals surface area contributed by atoms with Crippen LogP contribution in [0, 0.1) is 28.1 Å². The molecule has 3 heteroatoms. The standard InChI is InChI=1S/C27H42O3/c1-18(2)15-22(25(3,4)5)19-9-11-21(12-10-19)29-17-24(28)30-23-16-20-13-14-27(23,8)26(20,6)7/h9-12,18,20,22-23H,13-17H2,1-8H3. The van der Waals surface area contributed by atoms with Crippen molar-refractivity contribution in [1.82, 2.24) is 0 Å². The zero-order valence-corrected chi connectivity index (χ0v) is 20.4. The maximum atomic E-state index is 12.5. The molecule has 2 fully saturated rings. The maximum absolute atomic E-state index is 12.5. The fraction of sp³-hybridized carbons (Fsp3) is 0.741. The number of carbonyl (C=O) groups excluding carboxylic acids is 1. The Balaban J connectivity index is 1.56. The van der Waals surface area contributed by atoms with Gasteiger partial charge in [0.1, 0.15) is 11.9 Å². The third kappa shape index (κ3) is 4.41. The normalized spacial score (nSPS) is 28.6. The topological polar surface area (TPSA) is 35.5 Å². The van der Waals surface area contributed by atoms with Crippen LogP contribution in [0.15, 0.2) is 24.3 Å². The van der Waals surface area contributed by atoms with Gasteiger partial charge in [-0.25, -0.2) is 4.79 Å². The Kier molecular flexibility index (Phi) is 6.33. The minimum atomic E-state index is -0.249. The summed E-state index contributed by atoms with van der Waals surface area (Å²) in [6.07, 6.45) is 4.58. The van der Waals surface area contributed by atoms with Gasteiger partial charge in [-0.2, -0.15) is 0 Å². The molecule has 3 rings (SSSR count). The highest BCUT2D eigenvalue weighted by Gasteiger charge is 2.62. The first kappa shape index (κ1) is 23.2. The maximum Gasteiger partial charge on any atom is 0.344 e. The largest absolute Gasteiger partial charge is 0.482 e. The van der Waals surface area contributed by atoms with E-state index in [0.717, 1.165) is 25.0 Å². The molecule has 0 aliphatic heterocycles. The average molecular weight is 415 g/mol. The van der Waals surface area contributed by atoms with Crippen molar-refractivity contribution in [2.75, 3.05) is 6.61 Å². The summed E-state index contributed by atoms with van der Waals surface area (Å²) in [7, 11) is 0. The Bertz CT molecular complexity index is 740. The van der Waals surface area contributed by atoms with E-state index >= 15 is 0 Å². The van der Waals surface area contributed by atoms with Gasteiger partial charge in [-0.05, 0) is 72.0 Å². The van der Waals surface area contributed by atoms with Crippen LogP contribution in [0.2, 0.25) is 0 Å². The molecule has 3 nitrogen and oxygen atoms in total. The van der Waals surface area contributed by atoms with Crippen LogP contribution in [0.4, 0.5) is 0 Å². The molecule has 0 amide bonds. The number of fused-ring (bicyclic) bond motifs is 2. The molecule has 2 bridgehead atoms. The van der Waals surface area contributed by atoms with E-state index in [9.17, 15) is 4.79 Å². The van der Waals surface area contributed by atoms with E-state index in [4.69, 9.17) is 9.47 Å². The molecule has 4 unspecified atom stereocenters. The van der Waals surface area contributed by atoms with Crippen molar-refractivity contribution in [2.45, 2.75) is 93.1 Å². The monoisotopic (exact) mass is 414 g/mol. The van der Waals surface area contributed by atoms with E-state index in [-0.39, 0.29) is 34.9 Å². The van der Waals surface area contributed by atoms with Crippen molar-refractivity contribution in [2.24, 2.45) is 28.1 Å². The zero-order chi connectivity index (χ0) is 22.3. The second kappa shape index (κ2) is 8.20. The summed E-state index contributed by atoms with van der Waals surface area (Å²) >= 11 is 0. The Morgan fingerprint density at radius 1 is 1.13 bits per heavy atom. The quantitative estimate of drug-likeness (QED) is 0.451. The molecule has 0 heterocycles. The van der Waals surface area contributed by atoms with E-state index in [1.165, 1.54) is 12.0 Å². The van der Waals surface area contributed by atoms with Gasteiger partial charge in [0.05, 0.1) is 0 Å². The lowest BCUT2D eigenvalue weighted by Crippen LogP contribution is -2.39. The van der Waals surface area contributed by atoms with Crippen LogP contribution in [-0.2, 0) is 9.53 Å². The lowest BCUT2D eigenvalue weighted by Gasteiger charge is -2.38. The molecule has 2 aliphatic carbocycles. The van der Waals surface area contributed by atoms with E-state index < -0.39 is 0 Å². The highest BCUT2D eigenvalue weighted by atomic mass is 16.6. The van der Waals surface area contributed by atoms with E-state index in [0.29, 0.717) is 17.8 Å². The van der Waals surface area contributed by atoms with Crippen LogP contribution in [0.1, 0.15) is 92.6 Å². The number of ether oxygens (including phenoxy) is 2. The molecule has 0 aromatic heterocycles. The first-order chi connectivity index (χ1) is 13.8. The summed E-state index contributed by atoms with van der Waals surface area (Å²) in [6, 6.07) is 8.28. The Morgan fingerprint density at radius 2 is 1.77 bits per heavy atom. The molecule has 0 spiro atoms. The average Bonchev–Trinajstić information content (AvgIpc) is 2.97. The number of rotatable bonds is 7. The van der Waals surface area contributed by atoms with Crippen molar-refractivity contribution in [3.63, 3.8) is 0 Å². The molecule has 1 aromatic carbocycles. The minimum absolute atomic E-state index is 0.0216. The van der Waals surface area contributed by atoms with Gasteiger partial charge in [0.2, 0.25) is 0 Å². The number of esters is 1. The molecule has 0 saturated heterocycles. The van der Waals surface area contributed by atoms with Crippen LogP contribution in [0.5, 0.6) is 5.75 Å². The smallest absolute Gasteiger partial charge is 0.344 e. The van der Waals surface area contributed by atoms with Crippen molar-refractivity contribution >= 4 is 5.97 Å². The van der Waals surface area contributed by atoms with Crippen LogP contribution in [0.25, 0.3) is 0 Å². The fourth-order valence-electron chi connectivity index (χ4n) is 5.90. The van der Waals surface area contributed by atoms with Crippen molar-refractivity contribution in [3.8, 4) is 5.75 Å². The first-order valence-electron chi connectivity index (χ1n) is 11.8. The Labute approximate surface area is 183 Å². The first-order valence-corrected chi connectivity index (χ1v) is 11.8. The van der Waals surface area contributed by atoms with Gasteiger partial charge < -0.3 is 9.47 Å². The second-order valence-corrected chi connectivity index (χ2v) is 12.0. The summed E-state index contributed by atoms with van der Waals surface area (Å²) in [4.78, 5) is 12.5. The molecule has 2 aliphatic rings. The summed E-state index contributed by atoms with van der Waals surface area (Å²) in [5.74, 6) is 2.29. The van der Waals surface area contributed by atoms with Crippen LogP contribution < -0.4 is 4.74 Å².